The summed E-state index contributed by atoms with van der Waals surface area (Å²) in [5, 5.41) is 7.83. The lowest BCUT2D eigenvalue weighted by Crippen LogP contribution is -2.31. The number of imidazole rings is 1. The van der Waals surface area contributed by atoms with E-state index in [4.69, 9.17) is 4.74 Å². The number of hydrogen-bond acceptors (Lipinski definition) is 5. The molecule has 3 heterocycles. The summed E-state index contributed by atoms with van der Waals surface area (Å²) in [5.74, 6) is 0.468. The zero-order valence-corrected chi connectivity index (χ0v) is 15.3. The molecule has 2 aromatic heterocycles. The van der Waals surface area contributed by atoms with Crippen molar-refractivity contribution in [2.24, 2.45) is 0 Å². The first-order valence-electron chi connectivity index (χ1n) is 9.52. The van der Waals surface area contributed by atoms with Crippen LogP contribution in [0.3, 0.4) is 0 Å². The van der Waals surface area contributed by atoms with E-state index in [9.17, 15) is 4.39 Å². The van der Waals surface area contributed by atoms with Gasteiger partial charge in [-0.05, 0) is 51.0 Å². The number of anilines is 1. The van der Waals surface area contributed by atoms with E-state index in [1.165, 1.54) is 44.5 Å². The molecule has 1 aliphatic rings. The molecule has 27 heavy (non-hydrogen) atoms. The lowest BCUT2D eigenvalue weighted by molar-refractivity contribution is 0.228. The maximum atomic E-state index is 13.4. The number of nitrogens with zero attached hydrogens (tertiary/aromatic N) is 4. The fourth-order valence-electron chi connectivity index (χ4n) is 3.43. The zero-order chi connectivity index (χ0) is 18.5. The van der Waals surface area contributed by atoms with Crippen LogP contribution in [0.5, 0.6) is 11.6 Å². The fourth-order valence-corrected chi connectivity index (χ4v) is 3.43. The number of piperidine rings is 1. The predicted molar refractivity (Wildman–Crippen MR) is 103 cm³/mol. The van der Waals surface area contributed by atoms with Gasteiger partial charge in [-0.15, -0.1) is 5.10 Å². The Hall–Kier alpha value is -2.67. The average molecular weight is 369 g/mol. The standard InChI is InChI=1S/C20H24FN5O/c21-16-6-4-7-17(14-16)27-19-15-18(20-23-9-13-26(20)24-19)22-8-5-12-25-10-2-1-3-11-25/h4,6-7,9,13-15,22H,1-3,5,8,10-12H2. The van der Waals surface area contributed by atoms with Crippen LogP contribution in [0.25, 0.3) is 5.65 Å². The first-order valence-corrected chi connectivity index (χ1v) is 9.52. The third kappa shape index (κ3) is 4.54. The summed E-state index contributed by atoms with van der Waals surface area (Å²) in [4.78, 5) is 6.89. The molecule has 3 aromatic rings. The van der Waals surface area contributed by atoms with Gasteiger partial charge >= 0.3 is 0 Å². The summed E-state index contributed by atoms with van der Waals surface area (Å²) in [6.07, 6.45) is 8.52. The molecule has 0 spiro atoms. The van der Waals surface area contributed by atoms with Gasteiger partial charge in [0.2, 0.25) is 5.88 Å². The van der Waals surface area contributed by atoms with Gasteiger partial charge in [0, 0.05) is 31.1 Å². The molecule has 1 aromatic carbocycles. The average Bonchev–Trinajstić information content (AvgIpc) is 3.15. The Bertz CT molecular complexity index is 891. The van der Waals surface area contributed by atoms with Crippen LogP contribution < -0.4 is 10.1 Å². The van der Waals surface area contributed by atoms with E-state index in [-0.39, 0.29) is 5.82 Å². The van der Waals surface area contributed by atoms with E-state index in [0.717, 1.165) is 30.8 Å². The van der Waals surface area contributed by atoms with E-state index in [2.05, 4.69) is 20.3 Å². The third-order valence-corrected chi connectivity index (χ3v) is 4.77. The molecule has 1 N–H and O–H groups in total. The van der Waals surface area contributed by atoms with Crippen molar-refractivity contribution in [2.75, 3.05) is 31.5 Å². The molecule has 0 saturated carbocycles. The Balaban J connectivity index is 1.42. The number of aromatic nitrogens is 3. The highest BCUT2D eigenvalue weighted by Gasteiger charge is 2.11. The zero-order valence-electron chi connectivity index (χ0n) is 15.3. The van der Waals surface area contributed by atoms with Gasteiger partial charge in [0.1, 0.15) is 11.6 Å². The summed E-state index contributed by atoms with van der Waals surface area (Å²) in [6.45, 7) is 4.38. The van der Waals surface area contributed by atoms with Crippen molar-refractivity contribution in [3.8, 4) is 11.6 Å². The molecule has 1 aliphatic heterocycles. The number of nitrogens with one attached hydrogen (secondary N) is 1. The highest BCUT2D eigenvalue weighted by Crippen LogP contribution is 2.25. The first kappa shape index (κ1) is 17.7. The van der Waals surface area contributed by atoms with Crippen LogP contribution in [0.2, 0.25) is 0 Å². The molecule has 6 nitrogen and oxygen atoms in total. The monoisotopic (exact) mass is 369 g/mol. The molecular formula is C20H24FN5O. The second-order valence-electron chi connectivity index (χ2n) is 6.83. The number of fused-ring (bicyclic) bond motifs is 1. The molecule has 0 amide bonds. The Morgan fingerprint density at radius 3 is 2.89 bits per heavy atom. The minimum absolute atomic E-state index is 0.340. The van der Waals surface area contributed by atoms with E-state index >= 15 is 0 Å². The highest BCUT2D eigenvalue weighted by atomic mass is 19.1. The lowest BCUT2D eigenvalue weighted by atomic mass is 10.1. The van der Waals surface area contributed by atoms with Crippen LogP contribution in [0.1, 0.15) is 25.7 Å². The van der Waals surface area contributed by atoms with Gasteiger partial charge in [0.05, 0.1) is 5.69 Å². The van der Waals surface area contributed by atoms with Crippen LogP contribution in [-0.4, -0.2) is 45.7 Å². The quantitative estimate of drug-likeness (QED) is 0.639. The van der Waals surface area contributed by atoms with Crippen LogP contribution >= 0.6 is 0 Å². The summed E-state index contributed by atoms with van der Waals surface area (Å²) in [5.41, 5.74) is 1.61. The lowest BCUT2D eigenvalue weighted by Gasteiger charge is -2.26. The van der Waals surface area contributed by atoms with Crippen molar-refractivity contribution >= 4 is 11.3 Å². The van der Waals surface area contributed by atoms with Crippen LogP contribution in [0, 0.1) is 5.82 Å². The predicted octanol–water partition coefficient (Wildman–Crippen LogP) is 3.95. The topological polar surface area (TPSA) is 54.7 Å². The van der Waals surface area contributed by atoms with Gasteiger partial charge in [-0.3, -0.25) is 0 Å². The minimum Gasteiger partial charge on any atom is -0.437 e. The van der Waals surface area contributed by atoms with Crippen molar-refractivity contribution < 1.29 is 9.13 Å². The van der Waals surface area contributed by atoms with Gasteiger partial charge in [-0.25, -0.2) is 13.9 Å². The SMILES string of the molecule is Fc1cccc(Oc2cc(NCCCN3CCCCC3)c3nccn3n2)c1. The van der Waals surface area contributed by atoms with Crippen LogP contribution in [0.15, 0.2) is 42.7 Å². The highest BCUT2D eigenvalue weighted by molar-refractivity contribution is 5.68. The largest absolute Gasteiger partial charge is 0.437 e. The van der Waals surface area contributed by atoms with E-state index in [1.54, 1.807) is 29.0 Å². The number of likely N-dealkylation sites (tertiary alicyclic amines) is 1. The Morgan fingerprint density at radius 1 is 1.15 bits per heavy atom. The molecule has 0 unspecified atom stereocenters. The normalized spacial score (nSPS) is 15.1. The van der Waals surface area contributed by atoms with Crippen molar-refractivity contribution in [2.45, 2.75) is 25.7 Å². The molecule has 0 aliphatic carbocycles. The van der Waals surface area contributed by atoms with E-state index in [0.29, 0.717) is 11.6 Å². The van der Waals surface area contributed by atoms with Crippen molar-refractivity contribution in [1.82, 2.24) is 19.5 Å². The van der Waals surface area contributed by atoms with E-state index in [1.807, 2.05) is 6.07 Å². The van der Waals surface area contributed by atoms with Crippen LogP contribution in [0.4, 0.5) is 10.1 Å². The molecule has 1 saturated heterocycles. The van der Waals surface area contributed by atoms with Crippen molar-refractivity contribution in [3.63, 3.8) is 0 Å². The minimum atomic E-state index is -0.340. The molecule has 142 valence electrons. The fraction of sp³-hybridized carbons (Fsp3) is 0.400. The summed E-state index contributed by atoms with van der Waals surface area (Å²) in [6, 6.07) is 7.85. The maximum Gasteiger partial charge on any atom is 0.239 e. The number of rotatable bonds is 7. The van der Waals surface area contributed by atoms with Gasteiger partial charge in [-0.2, -0.15) is 0 Å². The third-order valence-electron chi connectivity index (χ3n) is 4.77. The second-order valence-corrected chi connectivity index (χ2v) is 6.83. The van der Waals surface area contributed by atoms with Gasteiger partial charge < -0.3 is 15.0 Å². The maximum absolute atomic E-state index is 13.4. The summed E-state index contributed by atoms with van der Waals surface area (Å²) < 4.78 is 20.8. The van der Waals surface area contributed by atoms with Crippen molar-refractivity contribution in [1.29, 1.82) is 0 Å². The number of benzene rings is 1. The number of hydrogen-bond donors (Lipinski definition) is 1. The molecular weight excluding hydrogens is 345 g/mol. The van der Waals surface area contributed by atoms with Gasteiger partial charge in [0.25, 0.3) is 0 Å². The number of halogens is 1. The second kappa shape index (κ2) is 8.35. The van der Waals surface area contributed by atoms with Crippen LogP contribution in [-0.2, 0) is 0 Å². The first-order chi connectivity index (χ1) is 13.3. The molecule has 0 bridgehead atoms. The summed E-state index contributed by atoms with van der Waals surface area (Å²) >= 11 is 0. The Kier molecular flexibility index (Phi) is 5.48. The molecule has 0 atom stereocenters. The van der Waals surface area contributed by atoms with Gasteiger partial charge in [-0.1, -0.05) is 12.5 Å². The van der Waals surface area contributed by atoms with Gasteiger partial charge in [0.15, 0.2) is 5.65 Å². The summed E-state index contributed by atoms with van der Waals surface area (Å²) in [7, 11) is 0. The molecule has 1 fully saturated rings. The molecule has 4 rings (SSSR count). The smallest absolute Gasteiger partial charge is 0.239 e. The molecule has 7 heteroatoms. The van der Waals surface area contributed by atoms with Crippen molar-refractivity contribution in [3.05, 3.63) is 48.5 Å². The molecule has 0 radical (unpaired) electrons. The number of ether oxygens (including phenoxy) is 1. The Morgan fingerprint density at radius 2 is 2.04 bits per heavy atom. The van der Waals surface area contributed by atoms with E-state index < -0.39 is 0 Å². The Labute approximate surface area is 158 Å².